The number of methoxy groups -OCH3 is 1. The Morgan fingerprint density at radius 2 is 1.90 bits per heavy atom. The number of ether oxygens (including phenoxy) is 2. The van der Waals surface area contributed by atoms with Crippen LogP contribution in [0.5, 0.6) is 5.75 Å². The van der Waals surface area contributed by atoms with E-state index in [2.05, 4.69) is 5.32 Å². The molecule has 0 aromatic heterocycles. The molecule has 110 valence electrons. The van der Waals surface area contributed by atoms with Crippen molar-refractivity contribution in [3.8, 4) is 5.75 Å². The normalized spacial score (nSPS) is 22.4. The highest BCUT2D eigenvalue weighted by molar-refractivity contribution is 5.81. The first-order valence-electron chi connectivity index (χ1n) is 6.89. The van der Waals surface area contributed by atoms with Crippen LogP contribution >= 0.6 is 0 Å². The average Bonchev–Trinajstić information content (AvgIpc) is 2.44. The Morgan fingerprint density at radius 1 is 1.30 bits per heavy atom. The summed E-state index contributed by atoms with van der Waals surface area (Å²) in [6.07, 6.45) is 0.201. The molecule has 1 heterocycles. The molecule has 20 heavy (non-hydrogen) atoms. The molecule has 1 aromatic rings. The van der Waals surface area contributed by atoms with Crippen molar-refractivity contribution in [2.75, 3.05) is 32.1 Å². The molecule has 1 aliphatic rings. The first-order valence-corrected chi connectivity index (χ1v) is 6.89. The highest BCUT2D eigenvalue weighted by atomic mass is 16.5. The first kappa shape index (κ1) is 14.7. The molecule has 2 unspecified atom stereocenters. The molecule has 0 saturated carbocycles. The Bertz CT molecular complexity index is 437. The third kappa shape index (κ3) is 3.87. The van der Waals surface area contributed by atoms with Crippen LogP contribution in [0.1, 0.15) is 13.8 Å². The van der Waals surface area contributed by atoms with E-state index >= 15 is 0 Å². The molecule has 1 amide bonds. The van der Waals surface area contributed by atoms with E-state index in [1.54, 1.807) is 7.11 Å². The van der Waals surface area contributed by atoms with Crippen molar-refractivity contribution in [2.24, 2.45) is 0 Å². The van der Waals surface area contributed by atoms with Gasteiger partial charge in [-0.3, -0.25) is 4.79 Å². The van der Waals surface area contributed by atoms with Crippen LogP contribution in [0, 0.1) is 0 Å². The topological polar surface area (TPSA) is 50.8 Å². The van der Waals surface area contributed by atoms with Crippen molar-refractivity contribution in [2.45, 2.75) is 26.1 Å². The van der Waals surface area contributed by atoms with Gasteiger partial charge < -0.3 is 19.7 Å². The second-order valence-electron chi connectivity index (χ2n) is 5.14. The first-order chi connectivity index (χ1) is 9.58. The van der Waals surface area contributed by atoms with Gasteiger partial charge in [-0.25, -0.2) is 0 Å². The van der Waals surface area contributed by atoms with Crippen molar-refractivity contribution in [1.82, 2.24) is 4.90 Å². The Morgan fingerprint density at radius 3 is 2.45 bits per heavy atom. The molecule has 2 atom stereocenters. The summed E-state index contributed by atoms with van der Waals surface area (Å²) >= 11 is 0. The van der Waals surface area contributed by atoms with Gasteiger partial charge in [-0.2, -0.15) is 0 Å². The number of hydrogen-bond donors (Lipinski definition) is 1. The third-order valence-electron chi connectivity index (χ3n) is 3.31. The summed E-state index contributed by atoms with van der Waals surface area (Å²) in [5.41, 5.74) is 0.911. The second kappa shape index (κ2) is 6.61. The molecular formula is C15H22N2O3. The molecule has 1 aromatic carbocycles. The standard InChI is InChI=1S/C15H22N2O3/c1-11-9-17(10-12(2)20-11)15(18)8-16-13-4-6-14(19-3)7-5-13/h4-7,11-12,16H,8-10H2,1-3H3. The van der Waals surface area contributed by atoms with Crippen LogP contribution in [0.2, 0.25) is 0 Å². The van der Waals surface area contributed by atoms with Gasteiger partial charge in [-0.15, -0.1) is 0 Å². The molecule has 0 radical (unpaired) electrons. The lowest BCUT2D eigenvalue weighted by molar-refractivity contribution is -0.141. The molecule has 5 nitrogen and oxygen atoms in total. The summed E-state index contributed by atoms with van der Waals surface area (Å²) in [5, 5.41) is 3.14. The fourth-order valence-corrected chi connectivity index (χ4v) is 2.38. The summed E-state index contributed by atoms with van der Waals surface area (Å²) in [6, 6.07) is 7.53. The van der Waals surface area contributed by atoms with Crippen molar-refractivity contribution in [3.63, 3.8) is 0 Å². The number of amides is 1. The lowest BCUT2D eigenvalue weighted by atomic mass is 10.2. The minimum absolute atomic E-state index is 0.0998. The lowest BCUT2D eigenvalue weighted by Crippen LogP contribution is -2.49. The van der Waals surface area contributed by atoms with Gasteiger partial charge in [0.1, 0.15) is 5.75 Å². The highest BCUT2D eigenvalue weighted by Crippen LogP contribution is 2.15. The van der Waals surface area contributed by atoms with Gasteiger partial charge in [0.25, 0.3) is 0 Å². The zero-order valence-corrected chi connectivity index (χ0v) is 12.3. The molecule has 5 heteroatoms. The molecule has 2 rings (SSSR count). The number of rotatable bonds is 4. The number of morpholine rings is 1. The molecule has 1 saturated heterocycles. The Kier molecular flexibility index (Phi) is 4.84. The van der Waals surface area contributed by atoms with Crippen molar-refractivity contribution in [3.05, 3.63) is 24.3 Å². The van der Waals surface area contributed by atoms with E-state index in [0.29, 0.717) is 19.6 Å². The number of nitrogens with one attached hydrogen (secondary N) is 1. The van der Waals surface area contributed by atoms with E-state index in [1.807, 2.05) is 43.0 Å². The molecular weight excluding hydrogens is 256 g/mol. The Hall–Kier alpha value is -1.75. The van der Waals surface area contributed by atoms with Gasteiger partial charge >= 0.3 is 0 Å². The van der Waals surface area contributed by atoms with E-state index < -0.39 is 0 Å². The summed E-state index contributed by atoms with van der Waals surface area (Å²) in [4.78, 5) is 14.0. The monoisotopic (exact) mass is 278 g/mol. The van der Waals surface area contributed by atoms with Gasteiger partial charge in [0, 0.05) is 18.8 Å². The van der Waals surface area contributed by atoms with Crippen LogP contribution in [0.4, 0.5) is 5.69 Å². The molecule has 1 N–H and O–H groups in total. The quantitative estimate of drug-likeness (QED) is 0.911. The van der Waals surface area contributed by atoms with Gasteiger partial charge in [-0.05, 0) is 38.1 Å². The van der Waals surface area contributed by atoms with Gasteiger partial charge in [0.2, 0.25) is 5.91 Å². The number of hydrogen-bond acceptors (Lipinski definition) is 4. The van der Waals surface area contributed by atoms with Crippen molar-refractivity contribution >= 4 is 11.6 Å². The lowest BCUT2D eigenvalue weighted by Gasteiger charge is -2.35. The molecule has 1 aliphatic heterocycles. The molecule has 0 bridgehead atoms. The Labute approximate surface area is 119 Å². The Balaban J connectivity index is 1.84. The van der Waals surface area contributed by atoms with Gasteiger partial charge in [-0.1, -0.05) is 0 Å². The molecule has 0 spiro atoms. The van der Waals surface area contributed by atoms with E-state index in [0.717, 1.165) is 11.4 Å². The van der Waals surface area contributed by atoms with Crippen LogP contribution in [0.25, 0.3) is 0 Å². The van der Waals surface area contributed by atoms with Crippen LogP contribution in [0.15, 0.2) is 24.3 Å². The minimum Gasteiger partial charge on any atom is -0.497 e. The predicted octanol–water partition coefficient (Wildman–Crippen LogP) is 1.74. The maximum Gasteiger partial charge on any atom is 0.242 e. The average molecular weight is 278 g/mol. The van der Waals surface area contributed by atoms with Gasteiger partial charge in [0.15, 0.2) is 0 Å². The smallest absolute Gasteiger partial charge is 0.242 e. The summed E-state index contributed by atoms with van der Waals surface area (Å²) in [5.74, 6) is 0.903. The van der Waals surface area contributed by atoms with Crippen LogP contribution in [0.3, 0.4) is 0 Å². The van der Waals surface area contributed by atoms with Crippen molar-refractivity contribution in [1.29, 1.82) is 0 Å². The SMILES string of the molecule is COc1ccc(NCC(=O)N2CC(C)OC(C)C2)cc1. The summed E-state index contributed by atoms with van der Waals surface area (Å²) in [7, 11) is 1.63. The van der Waals surface area contributed by atoms with E-state index in [-0.39, 0.29) is 18.1 Å². The minimum atomic E-state index is 0.0998. The second-order valence-corrected chi connectivity index (χ2v) is 5.14. The fraction of sp³-hybridized carbons (Fsp3) is 0.533. The van der Waals surface area contributed by atoms with E-state index in [9.17, 15) is 4.79 Å². The van der Waals surface area contributed by atoms with Crippen molar-refractivity contribution < 1.29 is 14.3 Å². The number of benzene rings is 1. The number of nitrogens with zero attached hydrogens (tertiary/aromatic N) is 1. The maximum absolute atomic E-state index is 12.2. The zero-order chi connectivity index (χ0) is 14.5. The third-order valence-corrected chi connectivity index (χ3v) is 3.31. The van der Waals surface area contributed by atoms with Crippen LogP contribution in [-0.2, 0) is 9.53 Å². The predicted molar refractivity (Wildman–Crippen MR) is 78.1 cm³/mol. The zero-order valence-electron chi connectivity index (χ0n) is 12.3. The molecule has 1 fully saturated rings. The number of carbonyl (C=O) groups excluding carboxylic acids is 1. The van der Waals surface area contributed by atoms with E-state index in [1.165, 1.54) is 0 Å². The van der Waals surface area contributed by atoms with E-state index in [4.69, 9.17) is 9.47 Å². The molecule has 0 aliphatic carbocycles. The summed E-state index contributed by atoms with van der Waals surface area (Å²) in [6.45, 7) is 5.60. The summed E-state index contributed by atoms with van der Waals surface area (Å²) < 4.78 is 10.7. The van der Waals surface area contributed by atoms with Crippen LogP contribution in [-0.4, -0.2) is 49.8 Å². The van der Waals surface area contributed by atoms with Gasteiger partial charge in [0.05, 0.1) is 25.9 Å². The van der Waals surface area contributed by atoms with Crippen LogP contribution < -0.4 is 10.1 Å². The number of anilines is 1. The maximum atomic E-state index is 12.2. The number of carbonyl (C=O) groups is 1. The highest BCUT2D eigenvalue weighted by Gasteiger charge is 2.25. The fourth-order valence-electron chi connectivity index (χ4n) is 2.38. The largest absolute Gasteiger partial charge is 0.497 e.